The normalized spacial score (nSPS) is 10.5. The van der Waals surface area contributed by atoms with Crippen LogP contribution < -0.4 is 9.47 Å². The molecule has 0 aromatic carbocycles. The zero-order chi connectivity index (χ0) is 15.6. The lowest BCUT2D eigenvalue weighted by molar-refractivity contribution is 0.280. The molecule has 0 spiro atoms. The molecule has 0 aliphatic heterocycles. The number of hydrogen-bond donors (Lipinski definition) is 0. The summed E-state index contributed by atoms with van der Waals surface area (Å²) in [7, 11) is 0. The smallest absolute Gasteiger partial charge is 0.336 e. The van der Waals surface area contributed by atoms with Gasteiger partial charge in [0.05, 0.1) is 25.6 Å². The first kappa shape index (κ1) is 16.0. The lowest BCUT2D eigenvalue weighted by Crippen LogP contribution is -2.05. The van der Waals surface area contributed by atoms with Gasteiger partial charge in [0.2, 0.25) is 0 Å². The molecule has 2 heterocycles. The summed E-state index contributed by atoms with van der Waals surface area (Å²) < 4.78 is 10.9. The van der Waals surface area contributed by atoms with Crippen molar-refractivity contribution >= 4 is 0 Å². The highest BCUT2D eigenvalue weighted by Crippen LogP contribution is 2.15. The van der Waals surface area contributed by atoms with E-state index in [0.29, 0.717) is 24.6 Å². The minimum atomic E-state index is 0.234. The van der Waals surface area contributed by atoms with Gasteiger partial charge in [0.15, 0.2) is 0 Å². The van der Waals surface area contributed by atoms with Crippen LogP contribution in [0.5, 0.6) is 12.0 Å². The first-order chi connectivity index (χ1) is 10.8. The van der Waals surface area contributed by atoms with Crippen molar-refractivity contribution in [3.63, 3.8) is 0 Å². The van der Waals surface area contributed by atoms with E-state index in [2.05, 4.69) is 44.2 Å². The zero-order valence-electron chi connectivity index (χ0n) is 12.9. The van der Waals surface area contributed by atoms with Gasteiger partial charge >= 0.3 is 12.0 Å². The number of rotatable bonds is 9. The molecule has 2 aromatic rings. The van der Waals surface area contributed by atoms with Gasteiger partial charge in [0.25, 0.3) is 0 Å². The highest BCUT2D eigenvalue weighted by Gasteiger charge is 2.08. The van der Waals surface area contributed by atoms with Crippen molar-refractivity contribution in [3.05, 3.63) is 12.4 Å². The van der Waals surface area contributed by atoms with Gasteiger partial charge in [0, 0.05) is 0 Å². The molecular formula is C14H20N6O2. The molecule has 8 heteroatoms. The van der Waals surface area contributed by atoms with Gasteiger partial charge in [-0.25, -0.2) is 0 Å². The monoisotopic (exact) mass is 304 g/mol. The second-order valence-corrected chi connectivity index (χ2v) is 4.65. The minimum Gasteiger partial charge on any atom is -0.462 e. The van der Waals surface area contributed by atoms with E-state index in [1.165, 1.54) is 12.4 Å². The molecule has 2 aromatic heterocycles. The molecule has 0 radical (unpaired) electrons. The van der Waals surface area contributed by atoms with Crippen LogP contribution in [0.4, 0.5) is 0 Å². The van der Waals surface area contributed by atoms with E-state index in [4.69, 9.17) is 9.47 Å². The summed E-state index contributed by atoms with van der Waals surface area (Å²) in [5, 5.41) is 15.4. The molecule has 0 saturated carbocycles. The van der Waals surface area contributed by atoms with Gasteiger partial charge in [-0.15, -0.1) is 0 Å². The average molecular weight is 304 g/mol. The maximum atomic E-state index is 5.44. The summed E-state index contributed by atoms with van der Waals surface area (Å²) in [6.45, 7) is 5.31. The third kappa shape index (κ3) is 4.87. The number of unbranched alkanes of at least 4 members (excludes halogenated alkanes) is 2. The van der Waals surface area contributed by atoms with Gasteiger partial charge in [-0.2, -0.15) is 20.2 Å². The van der Waals surface area contributed by atoms with Gasteiger partial charge in [-0.05, 0) is 12.8 Å². The fraction of sp³-hybridized carbons (Fsp3) is 0.571. The third-order valence-corrected chi connectivity index (χ3v) is 2.80. The molecule has 0 unspecified atom stereocenters. The molecule has 0 aliphatic rings. The van der Waals surface area contributed by atoms with E-state index in [9.17, 15) is 0 Å². The molecule has 2 rings (SSSR count). The van der Waals surface area contributed by atoms with E-state index >= 15 is 0 Å². The van der Waals surface area contributed by atoms with Gasteiger partial charge in [0.1, 0.15) is 11.4 Å². The SMILES string of the molecule is CCCCOc1nncc(-c2cnnc(OCCCC)n2)n1. The first-order valence-electron chi connectivity index (χ1n) is 7.49. The third-order valence-electron chi connectivity index (χ3n) is 2.80. The topological polar surface area (TPSA) is 95.8 Å². The van der Waals surface area contributed by atoms with Crippen LogP contribution in [-0.4, -0.2) is 43.6 Å². The maximum absolute atomic E-state index is 5.44. The molecule has 0 bridgehead atoms. The fourth-order valence-corrected chi connectivity index (χ4v) is 1.56. The van der Waals surface area contributed by atoms with E-state index in [1.807, 2.05) is 0 Å². The Hall–Kier alpha value is -2.38. The molecule has 0 atom stereocenters. The Morgan fingerprint density at radius 3 is 1.64 bits per heavy atom. The van der Waals surface area contributed by atoms with Crippen molar-refractivity contribution in [2.45, 2.75) is 39.5 Å². The zero-order valence-corrected chi connectivity index (χ0v) is 12.9. The maximum Gasteiger partial charge on any atom is 0.336 e. The van der Waals surface area contributed by atoms with Crippen LogP contribution in [0.15, 0.2) is 12.4 Å². The van der Waals surface area contributed by atoms with Crippen LogP contribution in [0, 0.1) is 0 Å². The predicted molar refractivity (Wildman–Crippen MR) is 79.5 cm³/mol. The Balaban J connectivity index is 2.07. The molecule has 0 amide bonds. The minimum absolute atomic E-state index is 0.234. The van der Waals surface area contributed by atoms with E-state index in [1.54, 1.807) is 0 Å². The Morgan fingerprint density at radius 2 is 1.23 bits per heavy atom. The molecule has 22 heavy (non-hydrogen) atoms. The van der Waals surface area contributed by atoms with Crippen LogP contribution in [0.3, 0.4) is 0 Å². The van der Waals surface area contributed by atoms with Crippen molar-refractivity contribution < 1.29 is 9.47 Å². The summed E-state index contributed by atoms with van der Waals surface area (Å²) >= 11 is 0. The number of hydrogen-bond acceptors (Lipinski definition) is 8. The largest absolute Gasteiger partial charge is 0.462 e. The Morgan fingerprint density at radius 1 is 0.773 bits per heavy atom. The summed E-state index contributed by atoms with van der Waals surface area (Å²) in [5.41, 5.74) is 1.05. The van der Waals surface area contributed by atoms with Crippen LogP contribution in [0.25, 0.3) is 11.4 Å². The predicted octanol–water partition coefficient (Wildman–Crippen LogP) is 2.08. The van der Waals surface area contributed by atoms with Gasteiger partial charge in [-0.3, -0.25) is 0 Å². The van der Waals surface area contributed by atoms with Gasteiger partial charge in [-0.1, -0.05) is 36.9 Å². The fourth-order valence-electron chi connectivity index (χ4n) is 1.56. The molecule has 118 valence electrons. The van der Waals surface area contributed by atoms with Crippen molar-refractivity contribution in [3.8, 4) is 23.4 Å². The quantitative estimate of drug-likeness (QED) is 0.650. The summed E-state index contributed by atoms with van der Waals surface area (Å²) in [4.78, 5) is 8.54. The number of aromatic nitrogens is 6. The lowest BCUT2D eigenvalue weighted by atomic mass is 10.3. The first-order valence-corrected chi connectivity index (χ1v) is 7.49. The van der Waals surface area contributed by atoms with Crippen LogP contribution in [0.2, 0.25) is 0 Å². The lowest BCUT2D eigenvalue weighted by Gasteiger charge is -2.05. The standard InChI is InChI=1S/C14H20N6O2/c1-3-5-7-21-13-17-11(9-15-19-13)12-10-16-20-14(18-12)22-8-6-4-2/h9-10H,3-8H2,1-2H3. The van der Waals surface area contributed by atoms with Crippen molar-refractivity contribution in [2.75, 3.05) is 13.2 Å². The van der Waals surface area contributed by atoms with Crippen molar-refractivity contribution in [2.24, 2.45) is 0 Å². The van der Waals surface area contributed by atoms with Gasteiger partial charge < -0.3 is 9.47 Å². The number of ether oxygens (including phenoxy) is 2. The van der Waals surface area contributed by atoms with E-state index in [0.717, 1.165) is 25.7 Å². The molecule has 0 aliphatic carbocycles. The average Bonchev–Trinajstić information content (AvgIpc) is 2.56. The molecule has 0 saturated heterocycles. The molecule has 0 fully saturated rings. The Bertz CT molecular complexity index is 529. The summed E-state index contributed by atoms with van der Waals surface area (Å²) in [5.74, 6) is 0. The number of nitrogens with zero attached hydrogens (tertiary/aromatic N) is 6. The van der Waals surface area contributed by atoms with Crippen LogP contribution in [0.1, 0.15) is 39.5 Å². The molecule has 8 nitrogen and oxygen atoms in total. The summed E-state index contributed by atoms with van der Waals surface area (Å²) in [6, 6.07) is 0.469. The molecule has 0 N–H and O–H groups in total. The summed E-state index contributed by atoms with van der Waals surface area (Å²) in [6.07, 6.45) is 6.98. The van der Waals surface area contributed by atoms with Crippen LogP contribution >= 0.6 is 0 Å². The van der Waals surface area contributed by atoms with Crippen LogP contribution in [-0.2, 0) is 0 Å². The highest BCUT2D eigenvalue weighted by molar-refractivity contribution is 5.51. The van der Waals surface area contributed by atoms with E-state index in [-0.39, 0.29) is 12.0 Å². The molecular weight excluding hydrogens is 284 g/mol. The van der Waals surface area contributed by atoms with Crippen molar-refractivity contribution in [1.29, 1.82) is 0 Å². The Labute approximate surface area is 129 Å². The Kier molecular flexibility index (Phi) is 6.40. The van der Waals surface area contributed by atoms with Crippen molar-refractivity contribution in [1.82, 2.24) is 30.4 Å². The second kappa shape index (κ2) is 8.81. The second-order valence-electron chi connectivity index (χ2n) is 4.65. The van der Waals surface area contributed by atoms with E-state index < -0.39 is 0 Å². The highest BCUT2D eigenvalue weighted by atomic mass is 16.5.